The minimum absolute atomic E-state index is 0.0693. The average molecular weight is 862 g/mol. The predicted octanol–water partition coefficient (Wildman–Crippen LogP) is 4.28. The number of alkyl carbamates (subject to hydrolysis) is 1. The van der Waals surface area contributed by atoms with Crippen molar-refractivity contribution >= 4 is 65.6 Å². The van der Waals surface area contributed by atoms with E-state index in [0.29, 0.717) is 46.3 Å². The van der Waals surface area contributed by atoms with Crippen LogP contribution in [0.15, 0.2) is 54.7 Å². The number of pyridine rings is 1. The molecule has 4 fully saturated rings. The summed E-state index contributed by atoms with van der Waals surface area (Å²) >= 11 is 1.29. The molecule has 60 heavy (non-hydrogen) atoms. The first kappa shape index (κ1) is 40.2. The van der Waals surface area contributed by atoms with Crippen LogP contribution in [-0.4, -0.2) is 107 Å². The van der Waals surface area contributed by atoms with Crippen molar-refractivity contribution in [3.05, 3.63) is 60.6 Å². The molecule has 5 aliphatic rings. The summed E-state index contributed by atoms with van der Waals surface area (Å²) in [5.74, 6) is -2.85. The number of allylic oxidation sites excluding steroid dienone is 1. The molecule has 3 aromatic heterocycles. The number of thiophene rings is 1. The Morgan fingerprint density at radius 1 is 1.05 bits per heavy atom. The molecule has 5 atom stereocenters. The van der Waals surface area contributed by atoms with Crippen LogP contribution < -0.4 is 20.1 Å². The Kier molecular flexibility index (Phi) is 10.9. The fraction of sp³-hybridized carbons (Fsp3) is 0.488. The molecule has 0 radical (unpaired) electrons. The highest BCUT2D eigenvalue weighted by atomic mass is 32.2. The van der Waals surface area contributed by atoms with Crippen LogP contribution in [0.3, 0.4) is 0 Å². The van der Waals surface area contributed by atoms with Gasteiger partial charge in [-0.3, -0.25) is 19.1 Å². The van der Waals surface area contributed by atoms with Gasteiger partial charge in [0, 0.05) is 36.1 Å². The Morgan fingerprint density at radius 3 is 2.68 bits per heavy atom. The molecule has 4 aromatic rings. The molecule has 3 N–H and O–H groups in total. The molecule has 0 bridgehead atoms. The van der Waals surface area contributed by atoms with Crippen molar-refractivity contribution in [2.24, 2.45) is 5.92 Å². The topological polar surface area (TPSA) is 208 Å². The van der Waals surface area contributed by atoms with Crippen LogP contribution in [-0.2, 0) is 33.9 Å². The third-order valence-electron chi connectivity index (χ3n) is 11.7. The monoisotopic (exact) mass is 861 g/mol. The SMILES string of the molecule is O=C(N[C@H]1COCCC/C=C\[C@@H]2C[C@@]2(C(=O)NS(=O)(=O)C2CC2)NC(=O)[C@@H]2C[C@@H](Oc3nc(-c4cccc(F)c4)nc4c3sc3ncccc34)CN2C1=O)OC1CCCC1. The van der Waals surface area contributed by atoms with Crippen LogP contribution in [0.4, 0.5) is 9.18 Å². The zero-order valence-corrected chi connectivity index (χ0v) is 34.1. The van der Waals surface area contributed by atoms with E-state index in [2.05, 4.69) is 20.3 Å². The highest BCUT2D eigenvalue weighted by Crippen LogP contribution is 2.46. The maximum absolute atomic E-state index is 14.7. The zero-order chi connectivity index (χ0) is 41.6. The minimum atomic E-state index is -3.95. The number of ether oxygens (including phenoxy) is 3. The van der Waals surface area contributed by atoms with Crippen LogP contribution in [0.1, 0.15) is 64.2 Å². The lowest BCUT2D eigenvalue weighted by Crippen LogP contribution is -2.59. The van der Waals surface area contributed by atoms with E-state index >= 15 is 0 Å². The average Bonchev–Trinajstić information content (AvgIpc) is 4.04. The number of amides is 4. The van der Waals surface area contributed by atoms with Crippen molar-refractivity contribution in [1.82, 2.24) is 35.2 Å². The molecule has 1 aromatic carbocycles. The van der Waals surface area contributed by atoms with E-state index in [1.807, 2.05) is 12.1 Å². The maximum Gasteiger partial charge on any atom is 0.408 e. The highest BCUT2D eigenvalue weighted by molar-refractivity contribution is 7.91. The number of nitrogens with zero attached hydrogens (tertiary/aromatic N) is 4. The number of carbonyl (C=O) groups excluding carboxylic acids is 4. The number of benzene rings is 1. The molecule has 9 rings (SSSR count). The Labute approximate surface area is 348 Å². The third kappa shape index (κ3) is 8.26. The summed E-state index contributed by atoms with van der Waals surface area (Å²) < 4.78 is 61.2. The van der Waals surface area contributed by atoms with Crippen LogP contribution >= 0.6 is 11.3 Å². The van der Waals surface area contributed by atoms with Crippen molar-refractivity contribution < 1.29 is 46.2 Å². The highest BCUT2D eigenvalue weighted by Gasteiger charge is 2.62. The fourth-order valence-electron chi connectivity index (χ4n) is 8.26. The first-order valence-corrected chi connectivity index (χ1v) is 22.7. The van der Waals surface area contributed by atoms with Gasteiger partial charge in [0.05, 0.1) is 23.9 Å². The van der Waals surface area contributed by atoms with Crippen molar-refractivity contribution in [1.29, 1.82) is 0 Å². The lowest BCUT2D eigenvalue weighted by molar-refractivity contribution is -0.142. The zero-order valence-electron chi connectivity index (χ0n) is 32.5. The first-order chi connectivity index (χ1) is 29.0. The van der Waals surface area contributed by atoms with Gasteiger partial charge < -0.3 is 29.7 Å². The van der Waals surface area contributed by atoms with E-state index in [1.165, 1.54) is 28.4 Å². The number of fused-ring (bicyclic) bond motifs is 5. The van der Waals surface area contributed by atoms with Crippen molar-refractivity contribution in [3.8, 4) is 17.3 Å². The van der Waals surface area contributed by atoms with Crippen LogP contribution in [0, 0.1) is 11.7 Å². The van der Waals surface area contributed by atoms with E-state index in [4.69, 9.17) is 24.2 Å². The Bertz CT molecular complexity index is 2490. The molecule has 0 spiro atoms. The van der Waals surface area contributed by atoms with E-state index in [0.717, 1.165) is 31.1 Å². The number of carbonyl (C=O) groups is 4. The first-order valence-electron chi connectivity index (χ1n) is 20.4. The number of hydrogen-bond acceptors (Lipinski definition) is 13. The smallest absolute Gasteiger partial charge is 0.408 e. The van der Waals surface area contributed by atoms with E-state index in [1.54, 1.807) is 30.5 Å². The number of aromatic nitrogens is 3. The molecule has 0 unspecified atom stereocenters. The van der Waals surface area contributed by atoms with E-state index < -0.39 is 74.5 Å². The Morgan fingerprint density at radius 2 is 1.88 bits per heavy atom. The van der Waals surface area contributed by atoms with Crippen molar-refractivity contribution in [2.75, 3.05) is 19.8 Å². The second kappa shape index (κ2) is 16.3. The molecule has 316 valence electrons. The molecule has 16 nitrogen and oxygen atoms in total. The largest absolute Gasteiger partial charge is 0.471 e. The standard InChI is InChI=1S/C41H44FN7O9S2/c42-25-10-6-8-23(18-25)34-45-32-29-13-7-16-43-37(29)59-33(32)36(46-34)57-27-19-31-35(50)47-41(39(52)48-60(54,55)28-14-15-28)20-24(41)9-2-1-5-17-56-22-30(38(51)49(31)21-27)44-40(53)58-26-11-3-4-12-26/h2,6-10,13,16,18,24,26-28,30-31H,1,3-5,11-12,14-15,17,19-22H2,(H,44,53)(H,47,50)(H,48,52)/b9-2-/t24-,27-,30+,31+,41-/m1/s1. The van der Waals surface area contributed by atoms with E-state index in [-0.39, 0.29) is 50.4 Å². The number of rotatable bonds is 8. The van der Waals surface area contributed by atoms with Gasteiger partial charge in [0.1, 0.15) is 45.2 Å². The molecule has 4 amide bonds. The fourth-order valence-corrected chi connectivity index (χ4v) is 10.6. The molecule has 3 aliphatic carbocycles. The van der Waals surface area contributed by atoms with Gasteiger partial charge in [-0.25, -0.2) is 27.6 Å². The number of nitrogens with one attached hydrogen (secondary N) is 3. The van der Waals surface area contributed by atoms with Gasteiger partial charge in [-0.15, -0.1) is 11.3 Å². The van der Waals surface area contributed by atoms with E-state index in [9.17, 15) is 32.0 Å². The quantitative estimate of drug-likeness (QED) is 0.212. The molecule has 1 saturated heterocycles. The van der Waals surface area contributed by atoms with Gasteiger partial charge >= 0.3 is 6.09 Å². The number of hydrogen-bond donors (Lipinski definition) is 3. The third-order valence-corrected chi connectivity index (χ3v) is 14.6. The normalized spacial score (nSPS) is 27.0. The summed E-state index contributed by atoms with van der Waals surface area (Å²) in [6.07, 6.45) is 8.76. The molecular weight excluding hydrogens is 818 g/mol. The van der Waals surface area contributed by atoms with Crippen molar-refractivity contribution in [3.63, 3.8) is 0 Å². The minimum Gasteiger partial charge on any atom is -0.471 e. The summed E-state index contributed by atoms with van der Waals surface area (Å²) in [7, 11) is -3.95. The molecular formula is C41H44FN7O9S2. The summed E-state index contributed by atoms with van der Waals surface area (Å²) in [6, 6.07) is 6.99. The Hall–Kier alpha value is -5.27. The second-order valence-corrected chi connectivity index (χ2v) is 19.0. The molecule has 5 heterocycles. The maximum atomic E-state index is 14.7. The summed E-state index contributed by atoms with van der Waals surface area (Å²) in [4.78, 5) is 72.2. The van der Waals surface area contributed by atoms with Crippen LogP contribution in [0.25, 0.3) is 31.8 Å². The lowest BCUT2D eigenvalue weighted by atomic mass is 10.1. The van der Waals surface area contributed by atoms with Crippen molar-refractivity contribution in [2.45, 2.75) is 99.3 Å². The van der Waals surface area contributed by atoms with Gasteiger partial charge in [0.15, 0.2) is 5.82 Å². The van der Waals surface area contributed by atoms with Gasteiger partial charge in [-0.2, -0.15) is 4.98 Å². The summed E-state index contributed by atoms with van der Waals surface area (Å²) in [6.45, 7) is -0.0998. The lowest BCUT2D eigenvalue weighted by Gasteiger charge is -2.29. The number of halogens is 1. The van der Waals surface area contributed by atoms with Gasteiger partial charge in [0.2, 0.25) is 27.7 Å². The second-order valence-electron chi connectivity index (χ2n) is 16.1. The summed E-state index contributed by atoms with van der Waals surface area (Å²) in [5.41, 5.74) is -0.652. The Balaban J connectivity index is 1.05. The van der Waals surface area contributed by atoms with Gasteiger partial charge in [-0.05, 0) is 82.1 Å². The summed E-state index contributed by atoms with van der Waals surface area (Å²) in [5, 5.41) is 5.60. The predicted molar refractivity (Wildman–Crippen MR) is 217 cm³/mol. The van der Waals surface area contributed by atoms with Gasteiger partial charge in [-0.1, -0.05) is 24.3 Å². The molecule has 3 saturated carbocycles. The van der Waals surface area contributed by atoms with Gasteiger partial charge in [0.25, 0.3) is 5.91 Å². The molecule has 19 heteroatoms. The van der Waals surface area contributed by atoms with Crippen LogP contribution in [0.5, 0.6) is 5.88 Å². The number of sulfonamides is 1. The molecule has 2 aliphatic heterocycles. The van der Waals surface area contributed by atoms with Crippen LogP contribution in [0.2, 0.25) is 0 Å².